The number of carbonyl (C=O) groups is 1. The van der Waals surface area contributed by atoms with Crippen LogP contribution < -0.4 is 10.6 Å². The van der Waals surface area contributed by atoms with Crippen molar-refractivity contribution in [2.24, 2.45) is 0 Å². The number of amides is 1. The fourth-order valence-electron chi connectivity index (χ4n) is 2.37. The Kier molecular flexibility index (Phi) is 2.85. The van der Waals surface area contributed by atoms with E-state index in [1.165, 1.54) is 24.0 Å². The number of nitrogens with one attached hydrogen (secondary N) is 2. The molecule has 0 radical (unpaired) electrons. The van der Waals surface area contributed by atoms with Crippen molar-refractivity contribution in [1.29, 1.82) is 0 Å². The largest absolute Gasteiger partial charge is 0.354 e. The molecule has 0 aromatic heterocycles. The second kappa shape index (κ2) is 4.49. The summed E-state index contributed by atoms with van der Waals surface area (Å²) < 4.78 is 0. The standard InChI is InChI=1S/C14H18N2O/c17-14(9-15-12-5-6-12)16-8-11-7-10-3-1-2-4-13(10)11/h1-4,11-12,15H,5-9H2,(H,16,17). The summed E-state index contributed by atoms with van der Waals surface area (Å²) in [7, 11) is 0. The first-order valence-electron chi connectivity index (χ1n) is 6.41. The van der Waals surface area contributed by atoms with E-state index < -0.39 is 0 Å². The van der Waals surface area contributed by atoms with Gasteiger partial charge in [-0.15, -0.1) is 0 Å². The van der Waals surface area contributed by atoms with Crippen LogP contribution in [0.4, 0.5) is 0 Å². The lowest BCUT2D eigenvalue weighted by Crippen LogP contribution is -2.38. The van der Waals surface area contributed by atoms with Crippen LogP contribution in [-0.2, 0) is 11.2 Å². The zero-order chi connectivity index (χ0) is 11.7. The van der Waals surface area contributed by atoms with Crippen molar-refractivity contribution in [3.05, 3.63) is 35.4 Å². The molecule has 2 aliphatic carbocycles. The molecule has 1 unspecified atom stereocenters. The molecule has 17 heavy (non-hydrogen) atoms. The van der Waals surface area contributed by atoms with Gasteiger partial charge in [0.2, 0.25) is 5.91 Å². The van der Waals surface area contributed by atoms with Gasteiger partial charge in [0.05, 0.1) is 6.54 Å². The minimum atomic E-state index is 0.126. The monoisotopic (exact) mass is 230 g/mol. The van der Waals surface area contributed by atoms with Crippen molar-refractivity contribution >= 4 is 5.91 Å². The first-order chi connectivity index (χ1) is 8.33. The van der Waals surface area contributed by atoms with Gasteiger partial charge >= 0.3 is 0 Å². The van der Waals surface area contributed by atoms with Gasteiger partial charge in [0.15, 0.2) is 0 Å². The van der Waals surface area contributed by atoms with Crippen LogP contribution in [-0.4, -0.2) is 25.0 Å². The third kappa shape index (κ3) is 2.50. The second-order valence-electron chi connectivity index (χ2n) is 5.06. The number of carbonyl (C=O) groups excluding carboxylic acids is 1. The zero-order valence-corrected chi connectivity index (χ0v) is 9.91. The van der Waals surface area contributed by atoms with Crippen LogP contribution in [0.2, 0.25) is 0 Å². The fourth-order valence-corrected chi connectivity index (χ4v) is 2.37. The summed E-state index contributed by atoms with van der Waals surface area (Å²) in [6.07, 6.45) is 3.55. The molecular formula is C14H18N2O. The Bertz CT molecular complexity index is 426. The molecule has 1 aromatic rings. The van der Waals surface area contributed by atoms with Crippen molar-refractivity contribution in [1.82, 2.24) is 10.6 Å². The molecule has 0 bridgehead atoms. The summed E-state index contributed by atoms with van der Waals surface area (Å²) >= 11 is 0. The van der Waals surface area contributed by atoms with E-state index in [2.05, 4.69) is 34.9 Å². The average Bonchev–Trinajstić information content (AvgIpc) is 3.11. The first-order valence-corrected chi connectivity index (χ1v) is 6.41. The van der Waals surface area contributed by atoms with E-state index in [4.69, 9.17) is 0 Å². The van der Waals surface area contributed by atoms with Gasteiger partial charge in [-0.25, -0.2) is 0 Å². The highest BCUT2D eigenvalue weighted by Gasteiger charge is 2.26. The van der Waals surface area contributed by atoms with E-state index in [1.807, 2.05) is 0 Å². The molecule has 1 saturated carbocycles. The number of benzene rings is 1. The smallest absolute Gasteiger partial charge is 0.233 e. The average molecular weight is 230 g/mol. The maximum Gasteiger partial charge on any atom is 0.233 e. The number of fused-ring (bicyclic) bond motifs is 1. The zero-order valence-electron chi connectivity index (χ0n) is 9.91. The highest BCUT2D eigenvalue weighted by molar-refractivity contribution is 5.78. The van der Waals surface area contributed by atoms with Crippen molar-refractivity contribution in [2.75, 3.05) is 13.1 Å². The molecule has 1 atom stereocenters. The first kappa shape index (κ1) is 10.8. The quantitative estimate of drug-likeness (QED) is 0.798. The lowest BCUT2D eigenvalue weighted by Gasteiger charge is -2.30. The Morgan fingerprint density at radius 1 is 1.29 bits per heavy atom. The van der Waals surface area contributed by atoms with Gasteiger partial charge in [-0.3, -0.25) is 4.79 Å². The highest BCUT2D eigenvalue weighted by Crippen LogP contribution is 2.33. The number of hydrogen-bond acceptors (Lipinski definition) is 2. The number of rotatable bonds is 5. The van der Waals surface area contributed by atoms with Crippen LogP contribution >= 0.6 is 0 Å². The van der Waals surface area contributed by atoms with Crippen LogP contribution in [0.5, 0.6) is 0 Å². The summed E-state index contributed by atoms with van der Waals surface area (Å²) in [5.74, 6) is 0.650. The molecule has 0 spiro atoms. The summed E-state index contributed by atoms with van der Waals surface area (Å²) in [6, 6.07) is 9.08. The van der Waals surface area contributed by atoms with Crippen LogP contribution in [0.25, 0.3) is 0 Å². The summed E-state index contributed by atoms with van der Waals surface area (Å²) in [5, 5.41) is 6.23. The van der Waals surface area contributed by atoms with Crippen LogP contribution in [0.3, 0.4) is 0 Å². The second-order valence-corrected chi connectivity index (χ2v) is 5.06. The van der Waals surface area contributed by atoms with E-state index in [0.29, 0.717) is 18.5 Å². The van der Waals surface area contributed by atoms with Gasteiger partial charge in [0.1, 0.15) is 0 Å². The van der Waals surface area contributed by atoms with E-state index in [1.54, 1.807) is 0 Å². The molecule has 90 valence electrons. The molecular weight excluding hydrogens is 212 g/mol. The topological polar surface area (TPSA) is 41.1 Å². The molecule has 2 N–H and O–H groups in total. The van der Waals surface area contributed by atoms with Crippen molar-refractivity contribution in [3.63, 3.8) is 0 Å². The molecule has 1 amide bonds. The minimum Gasteiger partial charge on any atom is -0.354 e. The molecule has 1 aromatic carbocycles. The van der Waals surface area contributed by atoms with E-state index in [9.17, 15) is 4.79 Å². The third-order valence-electron chi connectivity index (χ3n) is 3.64. The Balaban J connectivity index is 1.42. The predicted octanol–water partition coefficient (Wildman–Crippen LogP) is 1.19. The van der Waals surface area contributed by atoms with Gasteiger partial charge in [-0.05, 0) is 30.4 Å². The third-order valence-corrected chi connectivity index (χ3v) is 3.64. The van der Waals surface area contributed by atoms with Gasteiger partial charge in [-0.1, -0.05) is 24.3 Å². The van der Waals surface area contributed by atoms with Crippen molar-refractivity contribution in [3.8, 4) is 0 Å². The maximum atomic E-state index is 11.6. The summed E-state index contributed by atoms with van der Waals surface area (Å²) in [4.78, 5) is 11.6. The van der Waals surface area contributed by atoms with Gasteiger partial charge in [0, 0.05) is 18.5 Å². The molecule has 3 rings (SSSR count). The summed E-state index contributed by atoms with van der Waals surface area (Å²) in [6.45, 7) is 1.25. The normalized spacial score (nSPS) is 21.5. The molecule has 2 aliphatic rings. The Morgan fingerprint density at radius 2 is 2.12 bits per heavy atom. The van der Waals surface area contributed by atoms with Crippen molar-refractivity contribution in [2.45, 2.75) is 31.2 Å². The molecule has 0 saturated heterocycles. The van der Waals surface area contributed by atoms with Crippen LogP contribution in [0.1, 0.15) is 29.9 Å². The van der Waals surface area contributed by atoms with Crippen LogP contribution in [0.15, 0.2) is 24.3 Å². The van der Waals surface area contributed by atoms with E-state index >= 15 is 0 Å². The lowest BCUT2D eigenvalue weighted by molar-refractivity contribution is -0.120. The summed E-state index contributed by atoms with van der Waals surface area (Å²) in [5.41, 5.74) is 2.84. The molecule has 0 aliphatic heterocycles. The van der Waals surface area contributed by atoms with Gasteiger partial charge in [-0.2, -0.15) is 0 Å². The SMILES string of the molecule is O=C(CNC1CC1)NCC1Cc2ccccc21. The predicted molar refractivity (Wildman–Crippen MR) is 66.9 cm³/mol. The Labute approximate surface area is 102 Å². The highest BCUT2D eigenvalue weighted by atomic mass is 16.1. The molecule has 0 heterocycles. The number of hydrogen-bond donors (Lipinski definition) is 2. The van der Waals surface area contributed by atoms with E-state index in [-0.39, 0.29) is 5.91 Å². The Morgan fingerprint density at radius 3 is 2.88 bits per heavy atom. The maximum absolute atomic E-state index is 11.6. The minimum absolute atomic E-state index is 0.126. The van der Waals surface area contributed by atoms with Crippen LogP contribution in [0, 0.1) is 0 Å². The van der Waals surface area contributed by atoms with E-state index in [0.717, 1.165) is 13.0 Å². The Hall–Kier alpha value is -1.35. The van der Waals surface area contributed by atoms with Crippen molar-refractivity contribution < 1.29 is 4.79 Å². The van der Waals surface area contributed by atoms with Gasteiger partial charge in [0.25, 0.3) is 0 Å². The lowest BCUT2D eigenvalue weighted by atomic mass is 9.77. The fraction of sp³-hybridized carbons (Fsp3) is 0.500. The molecule has 1 fully saturated rings. The molecule has 3 heteroatoms. The van der Waals surface area contributed by atoms with Gasteiger partial charge < -0.3 is 10.6 Å². The molecule has 3 nitrogen and oxygen atoms in total.